The van der Waals surface area contributed by atoms with Crippen molar-refractivity contribution in [2.75, 3.05) is 0 Å². The van der Waals surface area contributed by atoms with Gasteiger partial charge in [0.25, 0.3) is 0 Å². The summed E-state index contributed by atoms with van der Waals surface area (Å²) in [6.45, 7) is 13.5. The van der Waals surface area contributed by atoms with Crippen LogP contribution in [0.3, 0.4) is 0 Å². The van der Waals surface area contributed by atoms with Crippen LogP contribution in [0.2, 0.25) is 0 Å². The lowest BCUT2D eigenvalue weighted by Crippen LogP contribution is -2.22. The molecule has 0 N–H and O–H groups in total. The highest BCUT2D eigenvalue weighted by Gasteiger charge is 2.24. The third-order valence-electron chi connectivity index (χ3n) is 4.51. The second kappa shape index (κ2) is 6.14. The summed E-state index contributed by atoms with van der Waals surface area (Å²) in [4.78, 5) is 9.07. The Balaban J connectivity index is 2.13. The molecule has 0 radical (unpaired) electrons. The molecule has 0 aliphatic heterocycles. The van der Waals surface area contributed by atoms with Crippen LogP contribution in [0.1, 0.15) is 57.7 Å². The van der Waals surface area contributed by atoms with Gasteiger partial charge < -0.3 is 9.13 Å². The summed E-state index contributed by atoms with van der Waals surface area (Å²) >= 11 is 0. The number of hydrogen-bond donors (Lipinski definition) is 0. The van der Waals surface area contributed by atoms with Crippen LogP contribution in [0.5, 0.6) is 0 Å². The van der Waals surface area contributed by atoms with Crippen molar-refractivity contribution >= 4 is 0 Å². The van der Waals surface area contributed by atoms with Crippen molar-refractivity contribution in [3.05, 3.63) is 35.4 Å². The van der Waals surface area contributed by atoms with E-state index in [2.05, 4.69) is 80.9 Å². The Labute approximate surface area is 141 Å². The number of aryl methyl sites for hydroxylation is 1. The smallest absolute Gasteiger partial charge is 0.109 e. The van der Waals surface area contributed by atoms with Crippen LogP contribution in [0.25, 0.3) is 0 Å². The molecule has 2 rings (SSSR count). The number of rotatable bonds is 5. The monoisotopic (exact) mass is 316 g/mol. The van der Waals surface area contributed by atoms with Crippen molar-refractivity contribution in [3.63, 3.8) is 0 Å². The highest BCUT2D eigenvalue weighted by atomic mass is 15.1. The maximum atomic E-state index is 4.66. The molecule has 0 unspecified atom stereocenters. The summed E-state index contributed by atoms with van der Waals surface area (Å²) in [5.41, 5.74) is 3.04. The lowest BCUT2D eigenvalue weighted by molar-refractivity contribution is 0.343. The average Bonchev–Trinajstić information content (AvgIpc) is 2.87. The van der Waals surface area contributed by atoms with Gasteiger partial charge in [-0.1, -0.05) is 34.6 Å². The number of imidazole rings is 2. The average molecular weight is 316 g/mol. The zero-order chi connectivity index (χ0) is 17.4. The summed E-state index contributed by atoms with van der Waals surface area (Å²) in [5.74, 6) is 2.25. The van der Waals surface area contributed by atoms with Crippen LogP contribution in [0.15, 0.2) is 12.4 Å². The Morgan fingerprint density at radius 2 is 1.35 bits per heavy atom. The van der Waals surface area contributed by atoms with E-state index < -0.39 is 0 Å². The number of hydrogen-bond acceptors (Lipinski definition) is 2. The molecule has 0 saturated carbocycles. The molecule has 0 spiro atoms. The first-order chi connectivity index (χ1) is 10.5. The van der Waals surface area contributed by atoms with Gasteiger partial charge in [-0.2, -0.15) is 0 Å². The zero-order valence-corrected chi connectivity index (χ0v) is 16.1. The fraction of sp³-hybridized carbons (Fsp3) is 0.684. The summed E-state index contributed by atoms with van der Waals surface area (Å²) in [6, 6.07) is 0. The van der Waals surface area contributed by atoms with Crippen LogP contribution in [-0.2, 0) is 33.4 Å². The van der Waals surface area contributed by atoms with Gasteiger partial charge in [-0.25, -0.2) is 9.97 Å². The molecule has 0 aromatic carbocycles. The van der Waals surface area contributed by atoms with E-state index in [-0.39, 0.29) is 10.8 Å². The van der Waals surface area contributed by atoms with E-state index in [1.165, 1.54) is 17.2 Å². The van der Waals surface area contributed by atoms with Crippen molar-refractivity contribution in [1.82, 2.24) is 19.1 Å². The summed E-state index contributed by atoms with van der Waals surface area (Å²) in [6.07, 6.45) is 7.10. The van der Waals surface area contributed by atoms with E-state index in [0.717, 1.165) is 25.1 Å². The van der Waals surface area contributed by atoms with E-state index in [1.807, 2.05) is 6.20 Å². The van der Waals surface area contributed by atoms with Crippen LogP contribution in [0, 0.1) is 17.8 Å². The maximum absolute atomic E-state index is 4.66. The van der Waals surface area contributed by atoms with Gasteiger partial charge in [0, 0.05) is 44.3 Å². The minimum Gasteiger partial charge on any atom is -0.335 e. The van der Waals surface area contributed by atoms with Gasteiger partial charge in [-0.05, 0) is 30.6 Å². The van der Waals surface area contributed by atoms with Crippen LogP contribution in [0.4, 0.5) is 0 Å². The van der Waals surface area contributed by atoms with E-state index in [0.29, 0.717) is 0 Å². The Morgan fingerprint density at radius 3 is 1.83 bits per heavy atom. The molecular formula is C19H32N4. The predicted octanol–water partition coefficient (Wildman–Crippen LogP) is 3.86. The van der Waals surface area contributed by atoms with Gasteiger partial charge in [0.15, 0.2) is 0 Å². The molecule has 0 amide bonds. The molecule has 2 aromatic rings. The molecule has 0 aliphatic rings. The highest BCUT2D eigenvalue weighted by molar-refractivity contribution is 5.11. The van der Waals surface area contributed by atoms with Crippen molar-refractivity contribution in [2.45, 2.75) is 60.8 Å². The summed E-state index contributed by atoms with van der Waals surface area (Å²) in [5, 5.41) is 0. The molecule has 2 heterocycles. The van der Waals surface area contributed by atoms with Crippen LogP contribution in [-0.4, -0.2) is 19.1 Å². The minimum atomic E-state index is 0.174. The number of nitrogens with zero attached hydrogens (tertiary/aromatic N) is 4. The second-order valence-electron chi connectivity index (χ2n) is 8.84. The normalized spacial score (nSPS) is 12.9. The topological polar surface area (TPSA) is 35.6 Å². The molecule has 4 nitrogen and oxygen atoms in total. The first-order valence-corrected chi connectivity index (χ1v) is 8.45. The molecule has 0 bridgehead atoms. The number of aromatic nitrogens is 4. The molecule has 0 fully saturated rings. The minimum absolute atomic E-state index is 0.174. The van der Waals surface area contributed by atoms with Gasteiger partial charge >= 0.3 is 0 Å². The standard InChI is InChI=1S/C19H32N4/c1-14-20-12-15(22(14)7)9-19(5,6)10-16-13-21-17(23(16)8)11-18(2,3)4/h12-13H,9-11H2,1-8H3. The Morgan fingerprint density at radius 1 is 0.826 bits per heavy atom. The lowest BCUT2D eigenvalue weighted by atomic mass is 9.83. The van der Waals surface area contributed by atoms with Crippen molar-refractivity contribution in [2.24, 2.45) is 24.9 Å². The van der Waals surface area contributed by atoms with Crippen molar-refractivity contribution < 1.29 is 0 Å². The molecule has 23 heavy (non-hydrogen) atoms. The van der Waals surface area contributed by atoms with Crippen molar-refractivity contribution in [3.8, 4) is 0 Å². The molecule has 0 saturated heterocycles. The Hall–Kier alpha value is -1.58. The Bertz CT molecular complexity index is 668. The first kappa shape index (κ1) is 17.8. The van der Waals surface area contributed by atoms with Crippen LogP contribution < -0.4 is 0 Å². The molecule has 2 aromatic heterocycles. The van der Waals surface area contributed by atoms with Gasteiger partial charge in [-0.3, -0.25) is 0 Å². The summed E-state index contributed by atoms with van der Waals surface area (Å²) in [7, 11) is 4.24. The van der Waals surface area contributed by atoms with Crippen LogP contribution >= 0.6 is 0 Å². The van der Waals surface area contributed by atoms with Gasteiger partial charge in [0.05, 0.1) is 0 Å². The predicted molar refractivity (Wildman–Crippen MR) is 95.5 cm³/mol. The molecule has 0 atom stereocenters. The lowest BCUT2D eigenvalue weighted by Gasteiger charge is -2.25. The molecule has 4 heteroatoms. The van der Waals surface area contributed by atoms with E-state index in [1.54, 1.807) is 0 Å². The Kier molecular flexibility index (Phi) is 4.74. The van der Waals surface area contributed by atoms with E-state index in [9.17, 15) is 0 Å². The fourth-order valence-corrected chi connectivity index (χ4v) is 3.05. The second-order valence-corrected chi connectivity index (χ2v) is 8.84. The molecular weight excluding hydrogens is 284 g/mol. The maximum Gasteiger partial charge on any atom is 0.109 e. The van der Waals surface area contributed by atoms with Crippen molar-refractivity contribution in [1.29, 1.82) is 0 Å². The van der Waals surface area contributed by atoms with E-state index in [4.69, 9.17) is 0 Å². The van der Waals surface area contributed by atoms with Gasteiger partial charge in [0.1, 0.15) is 11.6 Å². The fourth-order valence-electron chi connectivity index (χ4n) is 3.05. The third-order valence-corrected chi connectivity index (χ3v) is 4.51. The SMILES string of the molecule is Cc1ncc(CC(C)(C)Cc2cnc(CC(C)(C)C)n2C)n1C. The van der Waals surface area contributed by atoms with Gasteiger partial charge in [0.2, 0.25) is 0 Å². The van der Waals surface area contributed by atoms with E-state index >= 15 is 0 Å². The molecule has 128 valence electrons. The first-order valence-electron chi connectivity index (χ1n) is 8.45. The quantitative estimate of drug-likeness (QED) is 0.839. The van der Waals surface area contributed by atoms with Gasteiger partial charge in [-0.15, -0.1) is 0 Å². The third kappa shape index (κ3) is 4.46. The zero-order valence-electron chi connectivity index (χ0n) is 16.1. The highest BCUT2D eigenvalue weighted by Crippen LogP contribution is 2.28. The largest absolute Gasteiger partial charge is 0.335 e. The molecule has 0 aliphatic carbocycles. The summed E-state index contributed by atoms with van der Waals surface area (Å²) < 4.78 is 4.47.